The molecule has 2 N–H and O–H groups in total. The van der Waals surface area contributed by atoms with E-state index in [0.29, 0.717) is 17.6 Å². The third-order valence-electron chi connectivity index (χ3n) is 4.21. The minimum Gasteiger partial charge on any atom is -0.454 e. The molecule has 0 aromatic heterocycles. The topological polar surface area (TPSA) is 54.9 Å². The van der Waals surface area contributed by atoms with Crippen LogP contribution in [-0.2, 0) is 6.54 Å². The minimum atomic E-state index is 0.276. The van der Waals surface area contributed by atoms with E-state index in [1.807, 2.05) is 25.1 Å². The SMILES string of the molecule is C/C(=N/NC(=S)NCc1ccc2c(c1)OCO2)c1ccc(C(C)C)cc1. The molecule has 0 fully saturated rings. The lowest BCUT2D eigenvalue weighted by Gasteiger charge is -2.09. The fraction of sp³-hybridized carbons (Fsp3) is 0.300. The van der Waals surface area contributed by atoms with Crippen LogP contribution >= 0.6 is 12.2 Å². The van der Waals surface area contributed by atoms with Crippen LogP contribution in [0.1, 0.15) is 43.4 Å². The molecule has 1 aliphatic rings. The molecule has 2 aromatic rings. The summed E-state index contributed by atoms with van der Waals surface area (Å²) in [7, 11) is 0. The van der Waals surface area contributed by atoms with Crippen molar-refractivity contribution in [2.45, 2.75) is 33.2 Å². The molecule has 0 aliphatic carbocycles. The molecule has 0 saturated heterocycles. The molecule has 0 amide bonds. The first-order valence-corrected chi connectivity index (χ1v) is 9.01. The Morgan fingerprint density at radius 2 is 1.85 bits per heavy atom. The molecule has 136 valence electrons. The maximum absolute atomic E-state index is 5.38. The highest BCUT2D eigenvalue weighted by Crippen LogP contribution is 2.32. The van der Waals surface area contributed by atoms with Gasteiger partial charge in [-0.05, 0) is 53.9 Å². The Hall–Kier alpha value is -2.60. The second-order valence-electron chi connectivity index (χ2n) is 6.46. The van der Waals surface area contributed by atoms with Crippen molar-refractivity contribution in [3.8, 4) is 11.5 Å². The van der Waals surface area contributed by atoms with E-state index in [9.17, 15) is 0 Å². The van der Waals surface area contributed by atoms with Crippen molar-refractivity contribution in [3.63, 3.8) is 0 Å². The van der Waals surface area contributed by atoms with E-state index in [0.717, 1.165) is 28.3 Å². The lowest BCUT2D eigenvalue weighted by Crippen LogP contribution is -2.32. The molecule has 26 heavy (non-hydrogen) atoms. The summed E-state index contributed by atoms with van der Waals surface area (Å²) in [5, 5.41) is 7.97. The van der Waals surface area contributed by atoms with E-state index in [4.69, 9.17) is 21.7 Å². The van der Waals surface area contributed by atoms with Gasteiger partial charge in [-0.25, -0.2) is 0 Å². The minimum absolute atomic E-state index is 0.276. The summed E-state index contributed by atoms with van der Waals surface area (Å²) >= 11 is 5.29. The lowest BCUT2D eigenvalue weighted by atomic mass is 10.0. The molecule has 3 rings (SSSR count). The summed E-state index contributed by atoms with van der Waals surface area (Å²) in [6, 6.07) is 14.3. The van der Waals surface area contributed by atoms with Gasteiger partial charge in [0.15, 0.2) is 16.6 Å². The standard InChI is InChI=1S/C20H23N3O2S/c1-13(2)16-5-7-17(8-6-16)14(3)22-23-20(26)21-11-15-4-9-18-19(10-15)25-12-24-18/h4-10,13H,11-12H2,1-3H3,(H2,21,23,26)/b22-14-. The molecule has 1 heterocycles. The molecule has 5 nitrogen and oxygen atoms in total. The molecular weight excluding hydrogens is 346 g/mol. The van der Waals surface area contributed by atoms with Crippen LogP contribution in [0.2, 0.25) is 0 Å². The second-order valence-corrected chi connectivity index (χ2v) is 6.86. The monoisotopic (exact) mass is 369 g/mol. The van der Waals surface area contributed by atoms with E-state index < -0.39 is 0 Å². The van der Waals surface area contributed by atoms with Crippen LogP contribution < -0.4 is 20.2 Å². The van der Waals surface area contributed by atoms with Gasteiger partial charge in [-0.2, -0.15) is 5.10 Å². The Balaban J connectivity index is 1.52. The van der Waals surface area contributed by atoms with E-state index in [2.05, 4.69) is 54.0 Å². The number of ether oxygens (including phenoxy) is 2. The Morgan fingerprint density at radius 3 is 2.58 bits per heavy atom. The van der Waals surface area contributed by atoms with Crippen molar-refractivity contribution < 1.29 is 9.47 Å². The van der Waals surface area contributed by atoms with Gasteiger partial charge in [-0.1, -0.05) is 44.2 Å². The predicted molar refractivity (Wildman–Crippen MR) is 108 cm³/mol. The van der Waals surface area contributed by atoms with E-state index in [1.165, 1.54) is 5.56 Å². The highest BCUT2D eigenvalue weighted by atomic mass is 32.1. The first kappa shape index (κ1) is 18.2. The lowest BCUT2D eigenvalue weighted by molar-refractivity contribution is 0.174. The van der Waals surface area contributed by atoms with E-state index in [1.54, 1.807) is 0 Å². The summed E-state index contributed by atoms with van der Waals surface area (Å²) in [5.41, 5.74) is 7.22. The molecule has 0 atom stereocenters. The highest BCUT2D eigenvalue weighted by molar-refractivity contribution is 7.80. The van der Waals surface area contributed by atoms with Gasteiger partial charge in [-0.3, -0.25) is 5.43 Å². The molecule has 6 heteroatoms. The summed E-state index contributed by atoms with van der Waals surface area (Å²) in [5.74, 6) is 2.06. The normalized spacial score (nSPS) is 13.0. The molecule has 2 aromatic carbocycles. The Morgan fingerprint density at radius 1 is 1.12 bits per heavy atom. The van der Waals surface area contributed by atoms with Crippen molar-refractivity contribution in [2.75, 3.05) is 6.79 Å². The van der Waals surface area contributed by atoms with Crippen molar-refractivity contribution >= 4 is 23.0 Å². The van der Waals surface area contributed by atoms with Crippen molar-refractivity contribution in [1.82, 2.24) is 10.7 Å². The van der Waals surface area contributed by atoms with Gasteiger partial charge in [0.25, 0.3) is 0 Å². The van der Waals surface area contributed by atoms with Crippen LogP contribution in [0.5, 0.6) is 11.5 Å². The van der Waals surface area contributed by atoms with Crippen LogP contribution in [0.25, 0.3) is 0 Å². The Bertz CT molecular complexity index is 816. The fourth-order valence-electron chi connectivity index (χ4n) is 2.58. The Labute approximate surface area is 159 Å². The predicted octanol–water partition coefficient (Wildman–Crippen LogP) is 3.93. The van der Waals surface area contributed by atoms with Crippen LogP contribution in [0.4, 0.5) is 0 Å². The van der Waals surface area contributed by atoms with Crippen molar-refractivity contribution in [1.29, 1.82) is 0 Å². The van der Waals surface area contributed by atoms with Crippen molar-refractivity contribution in [3.05, 3.63) is 59.2 Å². The smallest absolute Gasteiger partial charge is 0.231 e. The summed E-state index contributed by atoms with van der Waals surface area (Å²) in [4.78, 5) is 0. The van der Waals surface area contributed by atoms with Crippen LogP contribution in [0.15, 0.2) is 47.6 Å². The van der Waals surface area contributed by atoms with Crippen LogP contribution in [-0.4, -0.2) is 17.6 Å². The average Bonchev–Trinajstić information content (AvgIpc) is 3.12. The summed E-state index contributed by atoms with van der Waals surface area (Å²) in [6.45, 7) is 7.18. The van der Waals surface area contributed by atoms with Crippen LogP contribution in [0.3, 0.4) is 0 Å². The molecule has 0 unspecified atom stereocenters. The number of rotatable bonds is 5. The van der Waals surface area contributed by atoms with Gasteiger partial charge < -0.3 is 14.8 Å². The number of hydrogen-bond acceptors (Lipinski definition) is 4. The molecule has 0 bridgehead atoms. The van der Waals surface area contributed by atoms with Gasteiger partial charge in [-0.15, -0.1) is 0 Å². The summed E-state index contributed by atoms with van der Waals surface area (Å²) < 4.78 is 10.7. The van der Waals surface area contributed by atoms with Crippen LogP contribution in [0, 0.1) is 0 Å². The molecule has 0 spiro atoms. The zero-order valence-electron chi connectivity index (χ0n) is 15.2. The van der Waals surface area contributed by atoms with Crippen molar-refractivity contribution in [2.24, 2.45) is 5.10 Å². The zero-order chi connectivity index (χ0) is 18.5. The number of hydrazone groups is 1. The zero-order valence-corrected chi connectivity index (χ0v) is 16.0. The number of hydrogen-bond donors (Lipinski definition) is 2. The van der Waals surface area contributed by atoms with Gasteiger partial charge >= 0.3 is 0 Å². The maximum atomic E-state index is 5.38. The van der Waals surface area contributed by atoms with Gasteiger partial charge in [0.1, 0.15) is 0 Å². The Kier molecular flexibility index (Phi) is 5.73. The highest BCUT2D eigenvalue weighted by Gasteiger charge is 2.13. The van der Waals surface area contributed by atoms with Gasteiger partial charge in [0.2, 0.25) is 6.79 Å². The number of fused-ring (bicyclic) bond motifs is 1. The number of thiocarbonyl (C=S) groups is 1. The fourth-order valence-corrected chi connectivity index (χ4v) is 2.70. The number of benzene rings is 2. The average molecular weight is 369 g/mol. The molecule has 0 radical (unpaired) electrons. The molecule has 0 saturated carbocycles. The first-order chi connectivity index (χ1) is 12.5. The molecule has 1 aliphatic heterocycles. The third kappa shape index (κ3) is 4.52. The number of nitrogens with zero attached hydrogens (tertiary/aromatic N) is 1. The largest absolute Gasteiger partial charge is 0.454 e. The number of nitrogens with one attached hydrogen (secondary N) is 2. The molecular formula is C20H23N3O2S. The van der Waals surface area contributed by atoms with E-state index >= 15 is 0 Å². The second kappa shape index (κ2) is 8.19. The summed E-state index contributed by atoms with van der Waals surface area (Å²) in [6.07, 6.45) is 0. The quantitative estimate of drug-likeness (QED) is 0.475. The van der Waals surface area contributed by atoms with Gasteiger partial charge in [0.05, 0.1) is 5.71 Å². The van der Waals surface area contributed by atoms with E-state index in [-0.39, 0.29) is 6.79 Å². The third-order valence-corrected chi connectivity index (χ3v) is 4.45. The first-order valence-electron chi connectivity index (χ1n) is 8.60. The maximum Gasteiger partial charge on any atom is 0.231 e. The van der Waals surface area contributed by atoms with Gasteiger partial charge in [0, 0.05) is 6.54 Å².